The minimum absolute atomic E-state index is 0.772. The molecule has 22 heavy (non-hydrogen) atoms. The van der Waals surface area contributed by atoms with E-state index in [1.54, 1.807) is 0 Å². The molecule has 0 radical (unpaired) electrons. The Morgan fingerprint density at radius 3 is 2.41 bits per heavy atom. The van der Waals surface area contributed by atoms with E-state index in [1.807, 2.05) is 12.1 Å². The minimum Gasteiger partial charge on any atom is -0.354 e. The Morgan fingerprint density at radius 1 is 0.636 bits per heavy atom. The fourth-order valence-electron chi connectivity index (χ4n) is 3.40. The highest BCUT2D eigenvalue weighted by molar-refractivity contribution is 6.23. The quantitative estimate of drug-likeness (QED) is 0.289. The van der Waals surface area contributed by atoms with Crippen LogP contribution in [0.25, 0.3) is 43.6 Å². The van der Waals surface area contributed by atoms with Crippen molar-refractivity contribution < 1.29 is 5.41 Å². The average molecular weight is 284 g/mol. The van der Waals surface area contributed by atoms with E-state index in [0.29, 0.717) is 0 Å². The van der Waals surface area contributed by atoms with Crippen molar-refractivity contribution in [3.8, 4) is 0 Å². The molecule has 2 aromatic heterocycles. The summed E-state index contributed by atoms with van der Waals surface area (Å²) >= 11 is 0. The molecule has 0 aliphatic heterocycles. The van der Waals surface area contributed by atoms with Gasteiger partial charge in [-0.25, -0.2) is 0 Å². The number of fused-ring (bicyclic) bond motifs is 4. The van der Waals surface area contributed by atoms with E-state index in [9.17, 15) is 0 Å². The first kappa shape index (κ1) is 11.6. The Morgan fingerprint density at radius 2 is 1.45 bits per heavy atom. The number of aromatic amines is 2. The second kappa shape index (κ2) is 3.98. The number of rotatable bonds is 0. The predicted octanol–water partition coefficient (Wildman–Crippen LogP) is 2.62. The van der Waals surface area contributed by atoms with Crippen molar-refractivity contribution in [2.75, 3.05) is 0 Å². The van der Waals surface area contributed by atoms with Gasteiger partial charge in [-0.1, -0.05) is 30.3 Å². The molecule has 3 aromatic carbocycles. The summed E-state index contributed by atoms with van der Waals surface area (Å²) in [6, 6.07) is 20.8. The molecule has 0 amide bonds. The fourth-order valence-corrected chi connectivity index (χ4v) is 3.40. The Bertz CT molecular complexity index is 1240. The third kappa shape index (κ3) is 1.42. The van der Waals surface area contributed by atoms with E-state index in [4.69, 9.17) is 5.41 Å². The van der Waals surface area contributed by atoms with Crippen molar-refractivity contribution in [1.82, 2.24) is 9.97 Å². The highest BCUT2D eigenvalue weighted by Gasteiger charge is 2.10. The van der Waals surface area contributed by atoms with Crippen LogP contribution in [0.2, 0.25) is 0 Å². The number of benzene rings is 3. The van der Waals surface area contributed by atoms with E-state index < -0.39 is 0 Å². The van der Waals surface area contributed by atoms with Gasteiger partial charge in [0.05, 0.1) is 11.0 Å². The number of hydrogen-bond acceptors (Lipinski definition) is 0. The first-order valence-corrected chi connectivity index (χ1v) is 7.35. The summed E-state index contributed by atoms with van der Waals surface area (Å²) < 4.78 is 0. The van der Waals surface area contributed by atoms with Crippen molar-refractivity contribution in [3.63, 3.8) is 0 Å². The molecule has 5 aromatic rings. The van der Waals surface area contributed by atoms with Crippen LogP contribution < -0.4 is 10.8 Å². The van der Waals surface area contributed by atoms with Gasteiger partial charge < -0.3 is 9.97 Å². The van der Waals surface area contributed by atoms with Crippen LogP contribution in [0.5, 0.6) is 0 Å². The number of aromatic nitrogens is 2. The molecule has 5 rings (SSSR count). The lowest BCUT2D eigenvalue weighted by Gasteiger charge is -2.12. The van der Waals surface area contributed by atoms with Gasteiger partial charge in [-0.2, -0.15) is 0 Å². The lowest BCUT2D eigenvalue weighted by atomic mass is 10.0. The Hall–Kier alpha value is -3.07. The first-order valence-electron chi connectivity index (χ1n) is 7.35. The summed E-state index contributed by atoms with van der Waals surface area (Å²) in [6.45, 7) is 0. The van der Waals surface area contributed by atoms with Crippen LogP contribution in [-0.4, -0.2) is 9.97 Å². The Labute approximate surface area is 125 Å². The van der Waals surface area contributed by atoms with Crippen LogP contribution in [0.3, 0.4) is 0 Å². The molecule has 0 unspecified atom stereocenters. The lowest BCUT2D eigenvalue weighted by Crippen LogP contribution is -2.44. The monoisotopic (exact) mass is 284 g/mol. The molecular weight excluding hydrogens is 270 g/mol. The molecule has 0 bridgehead atoms. The molecule has 3 heteroatoms. The van der Waals surface area contributed by atoms with Gasteiger partial charge in [0.2, 0.25) is 0 Å². The molecule has 3 nitrogen and oxygen atoms in total. The van der Waals surface area contributed by atoms with Crippen molar-refractivity contribution in [3.05, 3.63) is 66.0 Å². The number of hydrogen-bond donors (Lipinski definition) is 3. The summed E-state index contributed by atoms with van der Waals surface area (Å²) in [7, 11) is 0. The van der Waals surface area contributed by atoms with E-state index in [-0.39, 0.29) is 0 Å². The molecule has 0 saturated heterocycles. The molecule has 0 atom stereocenters. The van der Waals surface area contributed by atoms with Crippen LogP contribution in [0.4, 0.5) is 0 Å². The Balaban J connectivity index is 2.21. The van der Waals surface area contributed by atoms with Gasteiger partial charge in [-0.3, -0.25) is 5.41 Å². The van der Waals surface area contributed by atoms with Crippen LogP contribution >= 0.6 is 0 Å². The highest BCUT2D eigenvalue weighted by atomic mass is 14.7. The van der Waals surface area contributed by atoms with Crippen LogP contribution in [0.1, 0.15) is 0 Å². The molecule has 4 N–H and O–H groups in total. The highest BCUT2D eigenvalue weighted by Crippen LogP contribution is 2.33. The SMILES string of the molecule is [NH2+]=c1ccc2c(c1)[nH]c1c3ccccc3[nH]c3cccc2c31. The topological polar surface area (TPSA) is 57.2 Å². The average Bonchev–Trinajstić information content (AvgIpc) is 2.54. The standard InChI is InChI=1S/C19H13N3/c20-11-8-9-12-13-5-3-7-16-18(13)19(22-17(12)10-11)14-4-1-2-6-15(14)21-16/h1-10,20-22H/p+1. The van der Waals surface area contributed by atoms with Crippen molar-refractivity contribution in [2.45, 2.75) is 0 Å². The zero-order chi connectivity index (χ0) is 14.7. The van der Waals surface area contributed by atoms with Gasteiger partial charge >= 0.3 is 0 Å². The number of nitrogens with one attached hydrogen (secondary N) is 2. The smallest absolute Gasteiger partial charge is 0.198 e. The first-order chi connectivity index (χ1) is 10.8. The normalized spacial score (nSPS) is 11.8. The minimum atomic E-state index is 0.772. The van der Waals surface area contributed by atoms with E-state index in [1.165, 1.54) is 21.5 Å². The molecule has 0 fully saturated rings. The zero-order valence-corrected chi connectivity index (χ0v) is 11.9. The van der Waals surface area contributed by atoms with Crippen molar-refractivity contribution >= 4 is 43.6 Å². The second-order valence-corrected chi connectivity index (χ2v) is 5.70. The maximum atomic E-state index is 5.97. The van der Waals surface area contributed by atoms with Crippen molar-refractivity contribution in [1.29, 1.82) is 0 Å². The lowest BCUT2D eigenvalue weighted by molar-refractivity contribution is -0.172. The number of nitrogens with two attached hydrogens (primary N) is 1. The molecule has 2 heterocycles. The van der Waals surface area contributed by atoms with Crippen LogP contribution in [0.15, 0.2) is 60.7 Å². The van der Waals surface area contributed by atoms with E-state index in [2.05, 4.69) is 58.5 Å². The summed E-state index contributed by atoms with van der Waals surface area (Å²) in [4.78, 5) is 7.12. The van der Waals surface area contributed by atoms with Gasteiger partial charge in [0, 0.05) is 39.3 Å². The maximum absolute atomic E-state index is 5.97. The number of pyridine rings is 2. The largest absolute Gasteiger partial charge is 0.354 e. The van der Waals surface area contributed by atoms with E-state index in [0.717, 1.165) is 27.4 Å². The number of para-hydroxylation sites is 1. The molecule has 0 spiro atoms. The molecular formula is C19H14N3+. The predicted molar refractivity (Wildman–Crippen MR) is 90.2 cm³/mol. The van der Waals surface area contributed by atoms with Gasteiger partial charge in [-0.15, -0.1) is 0 Å². The van der Waals surface area contributed by atoms with E-state index >= 15 is 0 Å². The van der Waals surface area contributed by atoms with Gasteiger partial charge in [-0.05, 0) is 23.6 Å². The van der Waals surface area contributed by atoms with Crippen LogP contribution in [-0.2, 0) is 0 Å². The summed E-state index contributed by atoms with van der Waals surface area (Å²) in [6.07, 6.45) is 0. The van der Waals surface area contributed by atoms with Gasteiger partial charge in [0.1, 0.15) is 0 Å². The van der Waals surface area contributed by atoms with Gasteiger partial charge in [0.25, 0.3) is 0 Å². The third-order valence-electron chi connectivity index (χ3n) is 4.37. The summed E-state index contributed by atoms with van der Waals surface area (Å²) in [5.41, 5.74) is 4.48. The molecule has 0 aliphatic rings. The molecule has 0 saturated carbocycles. The van der Waals surface area contributed by atoms with Crippen LogP contribution in [0, 0.1) is 0 Å². The summed E-state index contributed by atoms with van der Waals surface area (Å²) in [5.74, 6) is 0. The third-order valence-corrected chi connectivity index (χ3v) is 4.37. The van der Waals surface area contributed by atoms with Gasteiger partial charge in [0.15, 0.2) is 5.36 Å². The van der Waals surface area contributed by atoms with Crippen molar-refractivity contribution in [2.24, 2.45) is 0 Å². The molecule has 0 aliphatic carbocycles. The zero-order valence-electron chi connectivity index (χ0n) is 11.9. The maximum Gasteiger partial charge on any atom is 0.198 e. The fraction of sp³-hybridized carbons (Fsp3) is 0. The number of H-pyrrole nitrogens is 2. The Kier molecular flexibility index (Phi) is 2.09. The second-order valence-electron chi connectivity index (χ2n) is 5.70. The molecule has 104 valence electrons. The summed E-state index contributed by atoms with van der Waals surface area (Å²) in [5, 5.41) is 11.6.